The van der Waals surface area contributed by atoms with Crippen LogP contribution in [0, 0.1) is 5.92 Å². The molecular weight excluding hydrogens is 310 g/mol. The third-order valence-corrected chi connectivity index (χ3v) is 4.71. The molecule has 0 atom stereocenters. The molecule has 0 bridgehead atoms. The zero-order valence-corrected chi connectivity index (χ0v) is 15.1. The molecule has 2 aromatic rings. The van der Waals surface area contributed by atoms with Crippen molar-refractivity contribution < 1.29 is 4.79 Å². The first-order chi connectivity index (χ1) is 12.1. The van der Waals surface area contributed by atoms with Gasteiger partial charge in [0.05, 0.1) is 11.3 Å². The Morgan fingerprint density at radius 1 is 1.20 bits per heavy atom. The summed E-state index contributed by atoms with van der Waals surface area (Å²) in [5, 5.41) is 3.30. The summed E-state index contributed by atoms with van der Waals surface area (Å²) in [6.07, 6.45) is 6.68. The summed E-state index contributed by atoms with van der Waals surface area (Å²) in [7, 11) is 0. The van der Waals surface area contributed by atoms with Gasteiger partial charge >= 0.3 is 0 Å². The highest BCUT2D eigenvalue weighted by Gasteiger charge is 2.24. The van der Waals surface area contributed by atoms with Gasteiger partial charge in [0.25, 0.3) is 5.91 Å². The molecule has 25 heavy (non-hydrogen) atoms. The molecule has 0 spiro atoms. The molecule has 132 valence electrons. The Morgan fingerprint density at radius 3 is 2.60 bits per heavy atom. The van der Waals surface area contributed by atoms with E-state index in [0.29, 0.717) is 17.5 Å². The molecule has 1 fully saturated rings. The number of nitrogens with one attached hydrogen (secondary N) is 1. The number of nitrogens with zero attached hydrogens (tertiary/aromatic N) is 2. The molecule has 1 aromatic carbocycles. The van der Waals surface area contributed by atoms with E-state index < -0.39 is 0 Å². The van der Waals surface area contributed by atoms with Crippen molar-refractivity contribution in [2.75, 3.05) is 18.4 Å². The van der Waals surface area contributed by atoms with Crippen molar-refractivity contribution in [1.82, 2.24) is 9.88 Å². The monoisotopic (exact) mass is 337 g/mol. The molecule has 4 heteroatoms. The number of rotatable bonds is 5. The molecule has 1 N–H and O–H groups in total. The van der Waals surface area contributed by atoms with Crippen LogP contribution >= 0.6 is 0 Å². The second-order valence-electron chi connectivity index (χ2n) is 7.19. The van der Waals surface area contributed by atoms with Gasteiger partial charge in [-0.2, -0.15) is 0 Å². The number of anilines is 1. The highest BCUT2D eigenvalue weighted by Crippen LogP contribution is 2.23. The number of pyridine rings is 1. The maximum atomic E-state index is 12.8. The predicted octanol–water partition coefficient (Wildman–Crippen LogP) is 4.00. The predicted molar refractivity (Wildman–Crippen MR) is 102 cm³/mol. The van der Waals surface area contributed by atoms with Crippen LogP contribution in [-0.4, -0.2) is 34.9 Å². The number of benzene rings is 1. The molecule has 0 aliphatic carbocycles. The third kappa shape index (κ3) is 4.81. The summed E-state index contributed by atoms with van der Waals surface area (Å²) in [5.74, 6) is 0.761. The lowest BCUT2D eigenvalue weighted by molar-refractivity contribution is 0.0690. The number of carbonyl (C=O) groups excluding carboxylic acids is 1. The summed E-state index contributed by atoms with van der Waals surface area (Å²) in [6, 6.07) is 12.9. The van der Waals surface area contributed by atoms with Crippen LogP contribution in [0.25, 0.3) is 0 Å². The summed E-state index contributed by atoms with van der Waals surface area (Å²) in [5.41, 5.74) is 2.97. The SMILES string of the molecule is CC(C)Nc1cncc(C(=O)N2CCC(Cc3ccccc3)CC2)c1. The van der Waals surface area contributed by atoms with Gasteiger partial charge in [0, 0.05) is 31.5 Å². The lowest BCUT2D eigenvalue weighted by Gasteiger charge is -2.32. The van der Waals surface area contributed by atoms with Gasteiger partial charge in [-0.1, -0.05) is 30.3 Å². The number of aromatic nitrogens is 1. The summed E-state index contributed by atoms with van der Waals surface area (Å²) in [6.45, 7) is 5.81. The van der Waals surface area contributed by atoms with Crippen molar-refractivity contribution in [1.29, 1.82) is 0 Å². The first-order valence-corrected chi connectivity index (χ1v) is 9.16. The van der Waals surface area contributed by atoms with Crippen LogP contribution in [0.2, 0.25) is 0 Å². The van der Waals surface area contributed by atoms with Crippen molar-refractivity contribution in [2.45, 2.75) is 39.2 Å². The number of carbonyl (C=O) groups is 1. The molecule has 4 nitrogen and oxygen atoms in total. The average molecular weight is 337 g/mol. The van der Waals surface area contributed by atoms with Crippen molar-refractivity contribution >= 4 is 11.6 Å². The van der Waals surface area contributed by atoms with Gasteiger partial charge in [0.15, 0.2) is 0 Å². The van der Waals surface area contributed by atoms with Gasteiger partial charge in [-0.15, -0.1) is 0 Å². The maximum absolute atomic E-state index is 12.8. The number of piperidine rings is 1. The number of amides is 1. The molecule has 0 unspecified atom stereocenters. The van der Waals surface area contributed by atoms with E-state index >= 15 is 0 Å². The minimum Gasteiger partial charge on any atom is -0.382 e. The van der Waals surface area contributed by atoms with E-state index in [1.165, 1.54) is 5.56 Å². The van der Waals surface area contributed by atoms with Gasteiger partial charge in [-0.3, -0.25) is 9.78 Å². The second-order valence-corrected chi connectivity index (χ2v) is 7.19. The number of hydrogen-bond acceptors (Lipinski definition) is 3. The van der Waals surface area contributed by atoms with Gasteiger partial charge in [0.2, 0.25) is 0 Å². The van der Waals surface area contributed by atoms with E-state index in [1.807, 2.05) is 11.0 Å². The van der Waals surface area contributed by atoms with Crippen LogP contribution in [0.15, 0.2) is 48.8 Å². The van der Waals surface area contributed by atoms with Crippen molar-refractivity contribution in [3.8, 4) is 0 Å². The smallest absolute Gasteiger partial charge is 0.255 e. The first-order valence-electron chi connectivity index (χ1n) is 9.16. The minimum absolute atomic E-state index is 0.0954. The quantitative estimate of drug-likeness (QED) is 0.897. The molecule has 1 saturated heterocycles. The van der Waals surface area contributed by atoms with Crippen molar-refractivity contribution in [3.63, 3.8) is 0 Å². The van der Waals surface area contributed by atoms with E-state index in [2.05, 4.69) is 54.5 Å². The van der Waals surface area contributed by atoms with E-state index in [0.717, 1.165) is 38.0 Å². The summed E-state index contributed by atoms with van der Waals surface area (Å²) in [4.78, 5) is 18.9. The topological polar surface area (TPSA) is 45.2 Å². The average Bonchev–Trinajstić information content (AvgIpc) is 2.62. The Bertz CT molecular complexity index is 691. The fourth-order valence-corrected chi connectivity index (χ4v) is 3.44. The molecule has 1 aliphatic rings. The van der Waals surface area contributed by atoms with Crippen LogP contribution in [0.3, 0.4) is 0 Å². The fraction of sp³-hybridized carbons (Fsp3) is 0.429. The zero-order chi connectivity index (χ0) is 17.6. The maximum Gasteiger partial charge on any atom is 0.255 e. The first kappa shape index (κ1) is 17.5. The van der Waals surface area contributed by atoms with E-state index in [-0.39, 0.29) is 5.91 Å². The second kappa shape index (κ2) is 8.15. The van der Waals surface area contributed by atoms with Gasteiger partial charge in [-0.25, -0.2) is 0 Å². The largest absolute Gasteiger partial charge is 0.382 e. The molecule has 1 aliphatic heterocycles. The number of likely N-dealkylation sites (tertiary alicyclic amines) is 1. The van der Waals surface area contributed by atoms with Gasteiger partial charge < -0.3 is 10.2 Å². The molecular formula is C21H27N3O. The highest BCUT2D eigenvalue weighted by molar-refractivity contribution is 5.94. The minimum atomic E-state index is 0.0954. The Balaban J connectivity index is 1.56. The molecule has 2 heterocycles. The summed E-state index contributed by atoms with van der Waals surface area (Å²) < 4.78 is 0. The van der Waals surface area contributed by atoms with E-state index in [1.54, 1.807) is 12.4 Å². The van der Waals surface area contributed by atoms with E-state index in [4.69, 9.17) is 0 Å². The molecule has 0 radical (unpaired) electrons. The van der Waals surface area contributed by atoms with Crippen molar-refractivity contribution in [3.05, 3.63) is 59.9 Å². The van der Waals surface area contributed by atoms with Crippen LogP contribution in [0.4, 0.5) is 5.69 Å². The van der Waals surface area contributed by atoms with Gasteiger partial charge in [-0.05, 0) is 50.7 Å². The van der Waals surface area contributed by atoms with E-state index in [9.17, 15) is 4.79 Å². The molecule has 1 aromatic heterocycles. The standard InChI is InChI=1S/C21H27N3O/c1-16(2)23-20-13-19(14-22-15-20)21(25)24-10-8-18(9-11-24)12-17-6-4-3-5-7-17/h3-7,13-16,18,23H,8-12H2,1-2H3. The van der Waals surface area contributed by atoms with Crippen molar-refractivity contribution in [2.24, 2.45) is 5.92 Å². The lowest BCUT2D eigenvalue weighted by Crippen LogP contribution is -2.39. The zero-order valence-electron chi connectivity index (χ0n) is 15.1. The Morgan fingerprint density at radius 2 is 1.92 bits per heavy atom. The van der Waals surface area contributed by atoms with Crippen LogP contribution < -0.4 is 5.32 Å². The molecule has 3 rings (SSSR count). The van der Waals surface area contributed by atoms with Crippen LogP contribution in [0.5, 0.6) is 0 Å². The Kier molecular flexibility index (Phi) is 5.69. The highest BCUT2D eigenvalue weighted by atomic mass is 16.2. The third-order valence-electron chi connectivity index (χ3n) is 4.71. The van der Waals surface area contributed by atoms with Gasteiger partial charge in [0.1, 0.15) is 0 Å². The fourth-order valence-electron chi connectivity index (χ4n) is 3.44. The Hall–Kier alpha value is -2.36. The van der Waals surface area contributed by atoms with Crippen LogP contribution in [-0.2, 0) is 6.42 Å². The molecule has 0 saturated carbocycles. The summed E-state index contributed by atoms with van der Waals surface area (Å²) >= 11 is 0. The lowest BCUT2D eigenvalue weighted by atomic mass is 9.90. The van der Waals surface area contributed by atoms with Crippen LogP contribution in [0.1, 0.15) is 42.6 Å². The normalized spacial score (nSPS) is 15.4. The Labute approximate surface area is 150 Å². The number of hydrogen-bond donors (Lipinski definition) is 1. The molecule has 1 amide bonds.